The lowest BCUT2D eigenvalue weighted by atomic mass is 10.00. The molecule has 19 heavy (non-hydrogen) atoms. The van der Waals surface area contributed by atoms with Crippen molar-refractivity contribution in [3.8, 4) is 0 Å². The summed E-state index contributed by atoms with van der Waals surface area (Å²) < 4.78 is 13.0. The second kappa shape index (κ2) is 6.30. The number of rotatable bonds is 4. The number of nitrogens with two attached hydrogens (primary N) is 1. The van der Waals surface area contributed by atoms with E-state index >= 15 is 0 Å². The molecule has 1 atom stereocenters. The van der Waals surface area contributed by atoms with Crippen molar-refractivity contribution in [2.45, 2.75) is 12.5 Å². The zero-order chi connectivity index (χ0) is 13.8. The second-order valence-corrected chi connectivity index (χ2v) is 4.87. The number of halogens is 3. The van der Waals surface area contributed by atoms with Crippen LogP contribution in [0, 0.1) is 5.82 Å². The number of pyridine rings is 1. The van der Waals surface area contributed by atoms with Gasteiger partial charge in [-0.15, -0.1) is 0 Å². The van der Waals surface area contributed by atoms with Crippen LogP contribution in [0.15, 0.2) is 36.7 Å². The summed E-state index contributed by atoms with van der Waals surface area (Å²) in [5, 5.41) is 0.883. The van der Waals surface area contributed by atoms with Crippen LogP contribution in [-0.4, -0.2) is 4.98 Å². The van der Waals surface area contributed by atoms with Crippen molar-refractivity contribution in [1.82, 2.24) is 10.4 Å². The van der Waals surface area contributed by atoms with Crippen LogP contribution < -0.4 is 11.3 Å². The minimum Gasteiger partial charge on any atom is -0.271 e. The van der Waals surface area contributed by atoms with Gasteiger partial charge in [0.15, 0.2) is 0 Å². The minimum atomic E-state index is -0.383. The minimum absolute atomic E-state index is 0.256. The van der Waals surface area contributed by atoms with E-state index in [0.29, 0.717) is 16.5 Å². The van der Waals surface area contributed by atoms with Gasteiger partial charge in [-0.25, -0.2) is 4.39 Å². The van der Waals surface area contributed by atoms with Gasteiger partial charge in [0.25, 0.3) is 0 Å². The topological polar surface area (TPSA) is 50.9 Å². The van der Waals surface area contributed by atoms with Crippen molar-refractivity contribution >= 4 is 23.2 Å². The maximum absolute atomic E-state index is 13.0. The molecule has 0 amide bonds. The number of hydrogen-bond donors (Lipinski definition) is 2. The SMILES string of the molecule is NNC(Cc1ccncc1Cl)c1ccc(F)cc1Cl. The number of nitrogens with one attached hydrogen (secondary N) is 1. The third-order valence-electron chi connectivity index (χ3n) is 2.82. The zero-order valence-electron chi connectivity index (χ0n) is 9.91. The van der Waals surface area contributed by atoms with E-state index in [1.54, 1.807) is 18.5 Å². The molecule has 100 valence electrons. The van der Waals surface area contributed by atoms with Gasteiger partial charge in [-0.05, 0) is 35.7 Å². The molecule has 0 aliphatic carbocycles. The summed E-state index contributed by atoms with van der Waals surface area (Å²) >= 11 is 12.1. The van der Waals surface area contributed by atoms with Gasteiger partial charge in [0.05, 0.1) is 11.1 Å². The maximum atomic E-state index is 13.0. The van der Waals surface area contributed by atoms with Gasteiger partial charge in [0.1, 0.15) is 5.82 Å². The third-order valence-corrected chi connectivity index (χ3v) is 3.49. The number of benzene rings is 1. The fourth-order valence-electron chi connectivity index (χ4n) is 1.83. The van der Waals surface area contributed by atoms with E-state index in [2.05, 4.69) is 10.4 Å². The molecule has 6 heteroatoms. The van der Waals surface area contributed by atoms with Gasteiger partial charge in [-0.3, -0.25) is 16.3 Å². The van der Waals surface area contributed by atoms with E-state index in [1.165, 1.54) is 12.1 Å². The highest BCUT2D eigenvalue weighted by Gasteiger charge is 2.16. The molecule has 2 aromatic rings. The Bertz CT molecular complexity index is 578. The van der Waals surface area contributed by atoms with Gasteiger partial charge in [-0.2, -0.15) is 0 Å². The number of hydrogen-bond acceptors (Lipinski definition) is 3. The standard InChI is InChI=1S/C13H12Cl2FN3/c14-11-6-9(16)1-2-10(11)13(19-17)5-8-3-4-18-7-12(8)15/h1-4,6-7,13,19H,5,17H2. The first-order valence-corrected chi connectivity index (χ1v) is 6.37. The van der Waals surface area contributed by atoms with E-state index in [4.69, 9.17) is 29.0 Å². The lowest BCUT2D eigenvalue weighted by Crippen LogP contribution is -2.30. The van der Waals surface area contributed by atoms with Crippen LogP contribution >= 0.6 is 23.2 Å². The first-order chi connectivity index (χ1) is 9.11. The van der Waals surface area contributed by atoms with Gasteiger partial charge in [0.2, 0.25) is 0 Å². The van der Waals surface area contributed by atoms with E-state index in [9.17, 15) is 4.39 Å². The molecular formula is C13H12Cl2FN3. The second-order valence-electron chi connectivity index (χ2n) is 4.06. The quantitative estimate of drug-likeness (QED) is 0.673. The van der Waals surface area contributed by atoms with E-state index < -0.39 is 0 Å². The molecule has 1 aromatic carbocycles. The Morgan fingerprint density at radius 3 is 2.68 bits per heavy atom. The van der Waals surface area contributed by atoms with Crippen molar-refractivity contribution in [2.75, 3.05) is 0 Å². The van der Waals surface area contributed by atoms with Crippen LogP contribution in [0.1, 0.15) is 17.2 Å². The summed E-state index contributed by atoms with van der Waals surface area (Å²) in [6.45, 7) is 0. The molecule has 0 saturated heterocycles. The summed E-state index contributed by atoms with van der Waals surface area (Å²) in [6, 6.07) is 5.77. The Labute approximate surface area is 120 Å². The molecule has 3 N–H and O–H groups in total. The molecule has 0 radical (unpaired) electrons. The molecule has 0 saturated carbocycles. The Morgan fingerprint density at radius 2 is 2.05 bits per heavy atom. The highest BCUT2D eigenvalue weighted by molar-refractivity contribution is 6.31. The molecule has 0 spiro atoms. The normalized spacial score (nSPS) is 12.4. The molecular weight excluding hydrogens is 288 g/mol. The largest absolute Gasteiger partial charge is 0.271 e. The lowest BCUT2D eigenvalue weighted by molar-refractivity contribution is 0.549. The Kier molecular flexibility index (Phi) is 4.71. The monoisotopic (exact) mass is 299 g/mol. The van der Waals surface area contributed by atoms with Crippen LogP contribution in [-0.2, 0) is 6.42 Å². The van der Waals surface area contributed by atoms with Crippen LogP contribution in [0.4, 0.5) is 4.39 Å². The van der Waals surface area contributed by atoms with Crippen molar-refractivity contribution in [2.24, 2.45) is 5.84 Å². The van der Waals surface area contributed by atoms with Gasteiger partial charge < -0.3 is 0 Å². The van der Waals surface area contributed by atoms with Crippen molar-refractivity contribution < 1.29 is 4.39 Å². The zero-order valence-corrected chi connectivity index (χ0v) is 11.4. The summed E-state index contributed by atoms with van der Waals surface area (Å²) in [4.78, 5) is 3.92. The van der Waals surface area contributed by atoms with Crippen LogP contribution in [0.3, 0.4) is 0 Å². The van der Waals surface area contributed by atoms with E-state index in [0.717, 1.165) is 11.1 Å². The molecule has 1 aromatic heterocycles. The highest BCUT2D eigenvalue weighted by Crippen LogP contribution is 2.27. The predicted octanol–water partition coefficient (Wildman–Crippen LogP) is 3.27. The molecule has 0 fully saturated rings. The molecule has 1 heterocycles. The third kappa shape index (κ3) is 3.42. The molecule has 0 bridgehead atoms. The van der Waals surface area contributed by atoms with Crippen molar-refractivity contribution in [1.29, 1.82) is 0 Å². The summed E-state index contributed by atoms with van der Waals surface area (Å²) in [5.74, 6) is 5.17. The average molecular weight is 300 g/mol. The Balaban J connectivity index is 2.28. The van der Waals surface area contributed by atoms with Crippen LogP contribution in [0.2, 0.25) is 10.0 Å². The molecule has 2 rings (SSSR count). The Morgan fingerprint density at radius 1 is 1.26 bits per heavy atom. The predicted molar refractivity (Wildman–Crippen MR) is 74.4 cm³/mol. The van der Waals surface area contributed by atoms with E-state index in [1.807, 2.05) is 6.07 Å². The maximum Gasteiger partial charge on any atom is 0.124 e. The highest BCUT2D eigenvalue weighted by atomic mass is 35.5. The number of aromatic nitrogens is 1. The first kappa shape index (κ1) is 14.2. The number of nitrogens with zero attached hydrogens (tertiary/aromatic N) is 1. The van der Waals surface area contributed by atoms with Crippen LogP contribution in [0.25, 0.3) is 0 Å². The van der Waals surface area contributed by atoms with Gasteiger partial charge >= 0.3 is 0 Å². The first-order valence-electron chi connectivity index (χ1n) is 5.61. The average Bonchev–Trinajstić information content (AvgIpc) is 2.39. The lowest BCUT2D eigenvalue weighted by Gasteiger charge is -2.18. The Hall–Kier alpha value is -1.20. The fraction of sp³-hybridized carbons (Fsp3) is 0.154. The van der Waals surface area contributed by atoms with Crippen LogP contribution in [0.5, 0.6) is 0 Å². The number of hydrazine groups is 1. The molecule has 1 unspecified atom stereocenters. The van der Waals surface area contributed by atoms with Gasteiger partial charge in [-0.1, -0.05) is 29.3 Å². The van der Waals surface area contributed by atoms with Crippen molar-refractivity contribution in [3.63, 3.8) is 0 Å². The van der Waals surface area contributed by atoms with E-state index in [-0.39, 0.29) is 11.9 Å². The molecule has 3 nitrogen and oxygen atoms in total. The van der Waals surface area contributed by atoms with Gasteiger partial charge in [0, 0.05) is 17.4 Å². The molecule has 0 aliphatic rings. The fourth-order valence-corrected chi connectivity index (χ4v) is 2.33. The summed E-state index contributed by atoms with van der Waals surface area (Å²) in [6.07, 6.45) is 3.75. The smallest absolute Gasteiger partial charge is 0.124 e. The summed E-state index contributed by atoms with van der Waals surface area (Å²) in [7, 11) is 0. The van der Waals surface area contributed by atoms with Crippen molar-refractivity contribution in [3.05, 3.63) is 63.6 Å². The summed E-state index contributed by atoms with van der Waals surface area (Å²) in [5.41, 5.74) is 4.28. The molecule has 0 aliphatic heterocycles.